The number of fused-ring (bicyclic) bond motifs is 1. The van der Waals surface area contributed by atoms with Crippen molar-refractivity contribution >= 4 is 22.4 Å². The Morgan fingerprint density at radius 3 is 2.68 bits per heavy atom. The number of aryl methyl sites for hydroxylation is 2. The number of unbranched alkanes of at least 4 members (excludes halogenated alkanes) is 1. The minimum absolute atomic E-state index is 0.986. The van der Waals surface area contributed by atoms with Crippen molar-refractivity contribution in [2.75, 3.05) is 18.5 Å². The lowest BCUT2D eigenvalue weighted by molar-refractivity contribution is -0.645. The quantitative estimate of drug-likeness (QED) is 0.382. The molecule has 0 aliphatic carbocycles. The standard InChI is InChI=1S/C21H27N4/c1-4-24(19-12-6-5-11-18(19)22-2)15-9-10-16-25-17-23(3)20-13-7-8-14-21(20)25/h4-8,11-14,17,22H,1,9-10,15-16H2,2-3H3/q+1/p+1. The SMILES string of the molecule is C=CN(CCCCn1c[n+](C)c2ccccc21)c1ccccc1[NH2+]C. The monoisotopic (exact) mass is 336 g/mol. The molecule has 0 aliphatic heterocycles. The molecule has 25 heavy (non-hydrogen) atoms. The molecule has 4 heteroatoms. The van der Waals surface area contributed by atoms with E-state index in [-0.39, 0.29) is 0 Å². The van der Waals surface area contributed by atoms with Gasteiger partial charge < -0.3 is 10.2 Å². The summed E-state index contributed by atoms with van der Waals surface area (Å²) in [5, 5.41) is 2.15. The molecule has 3 rings (SSSR count). The van der Waals surface area contributed by atoms with Gasteiger partial charge in [-0.2, -0.15) is 0 Å². The van der Waals surface area contributed by atoms with Crippen LogP contribution >= 0.6 is 0 Å². The third-order valence-corrected chi connectivity index (χ3v) is 4.71. The highest BCUT2D eigenvalue weighted by molar-refractivity contribution is 5.71. The molecule has 0 amide bonds. The van der Waals surface area contributed by atoms with Gasteiger partial charge in [0.05, 0.1) is 20.6 Å². The van der Waals surface area contributed by atoms with Crippen molar-refractivity contribution in [3.8, 4) is 0 Å². The molecule has 0 saturated heterocycles. The lowest BCUT2D eigenvalue weighted by Crippen LogP contribution is -2.73. The molecule has 0 unspecified atom stereocenters. The van der Waals surface area contributed by atoms with Crippen LogP contribution in [0.15, 0.2) is 67.6 Å². The zero-order valence-corrected chi connectivity index (χ0v) is 15.2. The summed E-state index contributed by atoms with van der Waals surface area (Å²) >= 11 is 0. The van der Waals surface area contributed by atoms with Gasteiger partial charge >= 0.3 is 0 Å². The zero-order valence-electron chi connectivity index (χ0n) is 15.2. The van der Waals surface area contributed by atoms with Gasteiger partial charge in [0.25, 0.3) is 0 Å². The van der Waals surface area contributed by atoms with Gasteiger partial charge in [-0.15, -0.1) is 0 Å². The maximum atomic E-state index is 4.00. The molecular formula is C21H28N4+2. The van der Waals surface area contributed by atoms with E-state index in [0.29, 0.717) is 0 Å². The number of quaternary nitrogens is 1. The van der Waals surface area contributed by atoms with E-state index in [9.17, 15) is 0 Å². The molecule has 2 aromatic carbocycles. The van der Waals surface area contributed by atoms with Crippen molar-refractivity contribution in [1.29, 1.82) is 0 Å². The molecule has 0 radical (unpaired) electrons. The molecule has 0 fully saturated rings. The Bertz CT molecular complexity index is 850. The van der Waals surface area contributed by atoms with Crippen molar-refractivity contribution in [2.45, 2.75) is 19.4 Å². The fraction of sp³-hybridized carbons (Fsp3) is 0.286. The molecule has 0 bridgehead atoms. The summed E-state index contributed by atoms with van der Waals surface area (Å²) in [5.74, 6) is 0. The summed E-state index contributed by atoms with van der Waals surface area (Å²) in [6.45, 7) is 6.02. The van der Waals surface area contributed by atoms with Crippen molar-refractivity contribution in [3.05, 3.63) is 67.6 Å². The Morgan fingerprint density at radius 1 is 1.12 bits per heavy atom. The second-order valence-electron chi connectivity index (χ2n) is 6.34. The lowest BCUT2D eigenvalue weighted by atomic mass is 10.2. The number of nitrogens with zero attached hydrogens (tertiary/aromatic N) is 3. The molecule has 3 aromatic rings. The van der Waals surface area contributed by atoms with Crippen LogP contribution in [0.3, 0.4) is 0 Å². The van der Waals surface area contributed by atoms with Crippen LogP contribution in [0, 0.1) is 0 Å². The maximum Gasteiger partial charge on any atom is 0.244 e. The molecule has 4 nitrogen and oxygen atoms in total. The molecular weight excluding hydrogens is 308 g/mol. The topological polar surface area (TPSA) is 28.7 Å². The molecule has 0 aliphatic rings. The molecule has 0 atom stereocenters. The van der Waals surface area contributed by atoms with Gasteiger partial charge in [-0.05, 0) is 37.2 Å². The van der Waals surface area contributed by atoms with Gasteiger partial charge in [0.2, 0.25) is 6.33 Å². The molecule has 0 spiro atoms. The first-order valence-electron chi connectivity index (χ1n) is 8.95. The summed E-state index contributed by atoms with van der Waals surface area (Å²) in [5.41, 5.74) is 5.07. The third kappa shape index (κ3) is 3.74. The third-order valence-electron chi connectivity index (χ3n) is 4.71. The van der Waals surface area contributed by atoms with Crippen LogP contribution in [0.4, 0.5) is 11.4 Å². The van der Waals surface area contributed by atoms with Gasteiger partial charge in [0.15, 0.2) is 16.7 Å². The number of hydrogen-bond acceptors (Lipinski definition) is 1. The fourth-order valence-corrected chi connectivity index (χ4v) is 3.38. The number of rotatable bonds is 8. The predicted octanol–water partition coefficient (Wildman–Crippen LogP) is 2.72. The summed E-state index contributed by atoms with van der Waals surface area (Å²) in [7, 11) is 4.19. The van der Waals surface area contributed by atoms with Crippen LogP contribution in [0.5, 0.6) is 0 Å². The van der Waals surface area contributed by atoms with Crippen LogP contribution < -0.4 is 14.8 Å². The summed E-state index contributed by atoms with van der Waals surface area (Å²) in [6, 6.07) is 17.0. The number of benzene rings is 2. The number of nitrogens with two attached hydrogens (primary N) is 1. The van der Waals surface area contributed by atoms with Crippen LogP contribution in [0.2, 0.25) is 0 Å². The first-order chi connectivity index (χ1) is 12.2. The van der Waals surface area contributed by atoms with Crippen molar-refractivity contribution < 1.29 is 9.88 Å². The first-order valence-corrected chi connectivity index (χ1v) is 8.95. The Balaban J connectivity index is 1.61. The van der Waals surface area contributed by atoms with E-state index >= 15 is 0 Å². The lowest BCUT2D eigenvalue weighted by Gasteiger charge is -2.20. The zero-order chi connectivity index (χ0) is 17.6. The highest BCUT2D eigenvalue weighted by atomic mass is 15.1. The number of imidazole rings is 1. The summed E-state index contributed by atoms with van der Waals surface area (Å²) < 4.78 is 4.54. The average molecular weight is 336 g/mol. The van der Waals surface area contributed by atoms with E-state index in [2.05, 4.69) is 94.9 Å². The smallest absolute Gasteiger partial charge is 0.244 e. The van der Waals surface area contributed by atoms with Gasteiger partial charge in [-0.1, -0.05) is 30.8 Å². The number of aromatic nitrogens is 2. The van der Waals surface area contributed by atoms with E-state index in [0.717, 1.165) is 25.9 Å². The van der Waals surface area contributed by atoms with Crippen LogP contribution in [0.25, 0.3) is 11.0 Å². The Hall–Kier alpha value is -2.59. The predicted molar refractivity (Wildman–Crippen MR) is 104 cm³/mol. The van der Waals surface area contributed by atoms with E-state index in [4.69, 9.17) is 0 Å². The molecule has 2 N–H and O–H groups in total. The van der Waals surface area contributed by atoms with Gasteiger partial charge in [-0.3, -0.25) is 0 Å². The van der Waals surface area contributed by atoms with Crippen LogP contribution in [-0.2, 0) is 13.6 Å². The number of anilines is 1. The second kappa shape index (κ2) is 7.99. The highest BCUT2D eigenvalue weighted by Gasteiger charge is 2.13. The largest absolute Gasteiger partial charge is 0.344 e. The fourth-order valence-electron chi connectivity index (χ4n) is 3.38. The number of hydrogen-bond donors (Lipinski definition) is 1. The molecule has 0 saturated carbocycles. The molecule has 130 valence electrons. The first kappa shape index (κ1) is 17.2. The van der Waals surface area contributed by atoms with E-state index < -0.39 is 0 Å². The van der Waals surface area contributed by atoms with Crippen molar-refractivity contribution in [3.63, 3.8) is 0 Å². The van der Waals surface area contributed by atoms with Crippen LogP contribution in [0.1, 0.15) is 12.8 Å². The van der Waals surface area contributed by atoms with Crippen molar-refractivity contribution in [1.82, 2.24) is 4.57 Å². The van der Waals surface area contributed by atoms with Gasteiger partial charge in [-0.25, -0.2) is 9.13 Å². The Morgan fingerprint density at radius 2 is 1.88 bits per heavy atom. The average Bonchev–Trinajstić information content (AvgIpc) is 2.98. The summed E-state index contributed by atoms with van der Waals surface area (Å²) in [4.78, 5) is 2.25. The second-order valence-corrected chi connectivity index (χ2v) is 6.34. The molecule has 1 heterocycles. The Labute approximate surface area is 150 Å². The minimum atomic E-state index is 0.986. The Kier molecular flexibility index (Phi) is 5.51. The van der Waals surface area contributed by atoms with E-state index in [1.54, 1.807) is 0 Å². The number of para-hydroxylation sites is 4. The van der Waals surface area contributed by atoms with Gasteiger partial charge in [0.1, 0.15) is 5.69 Å². The van der Waals surface area contributed by atoms with Crippen LogP contribution in [-0.4, -0.2) is 18.2 Å². The normalized spacial score (nSPS) is 11.0. The minimum Gasteiger partial charge on any atom is -0.344 e. The van der Waals surface area contributed by atoms with E-state index in [1.807, 2.05) is 6.20 Å². The molecule has 1 aromatic heterocycles. The van der Waals surface area contributed by atoms with Gasteiger partial charge in [0, 0.05) is 12.6 Å². The highest BCUT2D eigenvalue weighted by Crippen LogP contribution is 2.22. The summed E-state index contributed by atoms with van der Waals surface area (Å²) in [6.07, 6.45) is 6.39. The maximum absolute atomic E-state index is 4.00. The van der Waals surface area contributed by atoms with E-state index in [1.165, 1.54) is 22.4 Å². The van der Waals surface area contributed by atoms with Crippen molar-refractivity contribution in [2.24, 2.45) is 7.05 Å².